The number of fused-ring (bicyclic) bond motifs is 1. The molecule has 1 atom stereocenters. The minimum Gasteiger partial charge on any atom is -0.368 e. The van der Waals surface area contributed by atoms with Gasteiger partial charge in [-0.3, -0.25) is 9.59 Å². The minimum absolute atomic E-state index is 0.00692. The van der Waals surface area contributed by atoms with Crippen molar-refractivity contribution in [3.63, 3.8) is 0 Å². The zero-order valence-corrected chi connectivity index (χ0v) is 21.7. The lowest BCUT2D eigenvalue weighted by molar-refractivity contribution is -0.134. The SMILES string of the molecule is CCC(=O)N1CCc2cc(S(=O)(=O)N[C@@H](C(=O)N3CCN(c4ccc(F)cc4)CC3)C(C)C)ccc21. The Morgan fingerprint density at radius 3 is 2.28 bits per heavy atom. The summed E-state index contributed by atoms with van der Waals surface area (Å²) < 4.78 is 42.4. The number of sulfonamides is 1. The Bertz CT molecular complexity index is 1230. The van der Waals surface area contributed by atoms with Crippen LogP contribution in [0.1, 0.15) is 32.8 Å². The zero-order chi connectivity index (χ0) is 26.0. The molecule has 0 spiro atoms. The normalized spacial score (nSPS) is 16.9. The highest BCUT2D eigenvalue weighted by Crippen LogP contribution is 2.31. The van der Waals surface area contributed by atoms with Gasteiger partial charge in [0.25, 0.3) is 0 Å². The Hall–Kier alpha value is -2.98. The number of nitrogens with zero attached hydrogens (tertiary/aromatic N) is 3. The van der Waals surface area contributed by atoms with E-state index in [-0.39, 0.29) is 28.4 Å². The molecule has 8 nitrogen and oxygen atoms in total. The van der Waals surface area contributed by atoms with Crippen molar-refractivity contribution in [2.45, 2.75) is 44.6 Å². The summed E-state index contributed by atoms with van der Waals surface area (Å²) in [4.78, 5) is 31.1. The lowest BCUT2D eigenvalue weighted by atomic mass is 10.0. The van der Waals surface area contributed by atoms with Crippen molar-refractivity contribution >= 4 is 33.2 Å². The number of hydrogen-bond donors (Lipinski definition) is 1. The van der Waals surface area contributed by atoms with Gasteiger partial charge >= 0.3 is 0 Å². The number of carbonyl (C=O) groups is 2. The van der Waals surface area contributed by atoms with Crippen LogP contribution < -0.4 is 14.5 Å². The number of benzene rings is 2. The van der Waals surface area contributed by atoms with Crippen LogP contribution in [0.15, 0.2) is 47.4 Å². The molecule has 0 aliphatic carbocycles. The molecule has 0 aromatic heterocycles. The molecule has 0 saturated carbocycles. The van der Waals surface area contributed by atoms with Crippen LogP contribution in [0.5, 0.6) is 0 Å². The van der Waals surface area contributed by atoms with Crippen molar-refractivity contribution in [2.24, 2.45) is 5.92 Å². The van der Waals surface area contributed by atoms with E-state index in [0.29, 0.717) is 45.6 Å². The predicted molar refractivity (Wildman–Crippen MR) is 137 cm³/mol. The number of anilines is 2. The third-order valence-electron chi connectivity index (χ3n) is 6.86. The maximum absolute atomic E-state index is 13.4. The second kappa shape index (κ2) is 10.6. The molecule has 36 heavy (non-hydrogen) atoms. The van der Waals surface area contributed by atoms with E-state index in [1.807, 2.05) is 13.8 Å². The molecule has 2 heterocycles. The molecule has 10 heteroatoms. The summed E-state index contributed by atoms with van der Waals surface area (Å²) in [7, 11) is -3.96. The Morgan fingerprint density at radius 1 is 1.00 bits per heavy atom. The van der Waals surface area contributed by atoms with Gasteiger partial charge in [-0.25, -0.2) is 12.8 Å². The summed E-state index contributed by atoms with van der Waals surface area (Å²) in [6.45, 7) is 8.01. The Morgan fingerprint density at radius 2 is 1.67 bits per heavy atom. The average molecular weight is 517 g/mol. The average Bonchev–Trinajstić information content (AvgIpc) is 3.30. The van der Waals surface area contributed by atoms with Gasteiger partial charge in [-0.2, -0.15) is 4.72 Å². The van der Waals surface area contributed by atoms with Crippen LogP contribution in [-0.2, 0) is 26.0 Å². The molecule has 1 N–H and O–H groups in total. The largest absolute Gasteiger partial charge is 0.368 e. The van der Waals surface area contributed by atoms with Gasteiger partial charge in [-0.1, -0.05) is 20.8 Å². The maximum Gasteiger partial charge on any atom is 0.241 e. The van der Waals surface area contributed by atoms with Gasteiger partial charge in [0, 0.05) is 50.5 Å². The molecule has 4 rings (SSSR count). The molecule has 0 radical (unpaired) electrons. The van der Waals surface area contributed by atoms with Crippen molar-refractivity contribution in [1.82, 2.24) is 9.62 Å². The van der Waals surface area contributed by atoms with Crippen LogP contribution in [-0.4, -0.2) is 63.9 Å². The second-order valence-electron chi connectivity index (χ2n) is 9.57. The fourth-order valence-corrected chi connectivity index (χ4v) is 6.12. The van der Waals surface area contributed by atoms with Crippen molar-refractivity contribution < 1.29 is 22.4 Å². The van der Waals surface area contributed by atoms with E-state index >= 15 is 0 Å². The van der Waals surface area contributed by atoms with Crippen LogP contribution in [0.2, 0.25) is 0 Å². The predicted octanol–water partition coefficient (Wildman–Crippen LogP) is 2.78. The van der Waals surface area contributed by atoms with Gasteiger partial charge in [0.05, 0.1) is 4.90 Å². The van der Waals surface area contributed by atoms with E-state index in [0.717, 1.165) is 16.9 Å². The van der Waals surface area contributed by atoms with Gasteiger partial charge in [0.1, 0.15) is 11.9 Å². The highest BCUT2D eigenvalue weighted by molar-refractivity contribution is 7.89. The first kappa shape index (κ1) is 26.1. The van der Waals surface area contributed by atoms with E-state index in [4.69, 9.17) is 0 Å². The van der Waals surface area contributed by atoms with Crippen molar-refractivity contribution in [1.29, 1.82) is 0 Å². The standard InChI is InChI=1S/C26H33FN4O4S/c1-4-24(32)31-12-11-19-17-22(9-10-23(19)31)36(34,35)28-25(18(2)3)26(33)30-15-13-29(14-16-30)21-7-5-20(27)6-8-21/h5-10,17-18,25,28H,4,11-16H2,1-3H3/t25-/m1/s1. The van der Waals surface area contributed by atoms with E-state index in [9.17, 15) is 22.4 Å². The molecular weight excluding hydrogens is 483 g/mol. The van der Waals surface area contributed by atoms with Crippen LogP contribution in [0.25, 0.3) is 0 Å². The first-order valence-electron chi connectivity index (χ1n) is 12.4. The molecule has 0 unspecified atom stereocenters. The number of piperazine rings is 1. The molecule has 2 amide bonds. The molecular formula is C26H33FN4O4S. The third-order valence-corrected chi connectivity index (χ3v) is 8.30. The van der Waals surface area contributed by atoms with Gasteiger partial charge in [-0.05, 0) is 60.4 Å². The zero-order valence-electron chi connectivity index (χ0n) is 20.9. The number of amides is 2. The molecule has 2 aromatic rings. The molecule has 2 aromatic carbocycles. The minimum atomic E-state index is -3.96. The topological polar surface area (TPSA) is 90.0 Å². The van der Waals surface area contributed by atoms with Crippen molar-refractivity contribution in [2.75, 3.05) is 42.5 Å². The summed E-state index contributed by atoms with van der Waals surface area (Å²) in [5, 5.41) is 0. The summed E-state index contributed by atoms with van der Waals surface area (Å²) in [6, 6.07) is 10.1. The third kappa shape index (κ3) is 5.39. The quantitative estimate of drug-likeness (QED) is 0.611. The van der Waals surface area contributed by atoms with E-state index in [1.54, 1.807) is 41.0 Å². The van der Waals surface area contributed by atoms with Crippen molar-refractivity contribution in [3.05, 3.63) is 53.8 Å². The number of rotatable bonds is 7. The fourth-order valence-electron chi connectivity index (χ4n) is 4.74. The summed E-state index contributed by atoms with van der Waals surface area (Å²) in [5.74, 6) is -0.801. The monoisotopic (exact) mass is 516 g/mol. The van der Waals surface area contributed by atoms with Crippen molar-refractivity contribution in [3.8, 4) is 0 Å². The Kier molecular flexibility index (Phi) is 7.65. The second-order valence-corrected chi connectivity index (χ2v) is 11.3. The molecule has 2 aliphatic rings. The van der Waals surface area contributed by atoms with Gasteiger partial charge in [0.15, 0.2) is 0 Å². The first-order chi connectivity index (χ1) is 17.1. The molecule has 2 aliphatic heterocycles. The van der Waals surface area contributed by atoms with Crippen LogP contribution in [0.3, 0.4) is 0 Å². The number of hydrogen-bond acceptors (Lipinski definition) is 5. The molecule has 194 valence electrons. The maximum atomic E-state index is 13.4. The Labute approximate surface area is 212 Å². The highest BCUT2D eigenvalue weighted by atomic mass is 32.2. The van der Waals surface area contributed by atoms with Gasteiger partial charge in [0.2, 0.25) is 21.8 Å². The van der Waals surface area contributed by atoms with E-state index in [2.05, 4.69) is 9.62 Å². The summed E-state index contributed by atoms with van der Waals surface area (Å²) in [5.41, 5.74) is 2.45. The first-order valence-corrected chi connectivity index (χ1v) is 13.8. The lowest BCUT2D eigenvalue weighted by Crippen LogP contribution is -2.56. The fraction of sp³-hybridized carbons (Fsp3) is 0.462. The van der Waals surface area contributed by atoms with Crippen LogP contribution in [0.4, 0.5) is 15.8 Å². The van der Waals surface area contributed by atoms with E-state index in [1.165, 1.54) is 18.2 Å². The summed E-state index contributed by atoms with van der Waals surface area (Å²) in [6.07, 6.45) is 0.979. The molecule has 1 saturated heterocycles. The molecule has 0 bridgehead atoms. The highest BCUT2D eigenvalue weighted by Gasteiger charge is 2.34. The number of halogens is 1. The van der Waals surface area contributed by atoms with E-state index < -0.39 is 16.1 Å². The Balaban J connectivity index is 1.44. The lowest BCUT2D eigenvalue weighted by Gasteiger charge is -2.38. The summed E-state index contributed by atoms with van der Waals surface area (Å²) >= 11 is 0. The smallest absolute Gasteiger partial charge is 0.241 e. The molecule has 1 fully saturated rings. The van der Waals surface area contributed by atoms with Gasteiger partial charge < -0.3 is 14.7 Å². The van der Waals surface area contributed by atoms with Crippen LogP contribution >= 0.6 is 0 Å². The van der Waals surface area contributed by atoms with Crippen LogP contribution in [0, 0.1) is 11.7 Å². The number of nitrogens with one attached hydrogen (secondary N) is 1. The number of carbonyl (C=O) groups excluding carboxylic acids is 2. The van der Waals surface area contributed by atoms with Gasteiger partial charge in [-0.15, -0.1) is 0 Å².